The van der Waals surface area contributed by atoms with Crippen molar-refractivity contribution in [3.8, 4) is 0 Å². The molecule has 1 aliphatic heterocycles. The molecule has 27 heavy (non-hydrogen) atoms. The number of carbonyl (C=O) groups excluding carboxylic acids is 1. The minimum atomic E-state index is -2.29. The van der Waals surface area contributed by atoms with Gasteiger partial charge >= 0.3 is 11.9 Å². The fourth-order valence-electron chi connectivity index (χ4n) is 2.57. The van der Waals surface area contributed by atoms with E-state index in [2.05, 4.69) is 10.6 Å². The molecule has 1 saturated heterocycles. The number of carboxylic acid groups (broad SMARTS) is 2. The van der Waals surface area contributed by atoms with Crippen molar-refractivity contribution < 1.29 is 49.8 Å². The summed E-state index contributed by atoms with van der Waals surface area (Å²) in [5.41, 5.74) is 0. The van der Waals surface area contributed by atoms with E-state index in [4.69, 9.17) is 14.9 Å². The number of hydrogen-bond donors (Lipinski definition) is 8. The van der Waals surface area contributed by atoms with Gasteiger partial charge in [-0.25, -0.2) is 4.79 Å². The maximum Gasteiger partial charge on any atom is 0.326 e. The van der Waals surface area contributed by atoms with Crippen molar-refractivity contribution in [3.63, 3.8) is 0 Å². The summed E-state index contributed by atoms with van der Waals surface area (Å²) in [5, 5.41) is 61.8. The molecule has 1 amide bonds. The number of hydrogen-bond acceptors (Lipinski definition) is 9. The Balaban J connectivity index is 2.79. The Hall–Kier alpha value is -1.83. The summed E-state index contributed by atoms with van der Waals surface area (Å²) in [6.07, 6.45) is -5.73. The topological polar surface area (TPSA) is 206 Å². The minimum Gasteiger partial charge on any atom is -0.481 e. The summed E-state index contributed by atoms with van der Waals surface area (Å²) in [7, 11) is 0. The molecule has 156 valence electrons. The van der Waals surface area contributed by atoms with Crippen molar-refractivity contribution in [1.29, 1.82) is 0 Å². The third-order valence-electron chi connectivity index (χ3n) is 4.20. The van der Waals surface area contributed by atoms with E-state index < -0.39 is 79.5 Å². The molecule has 0 aromatic carbocycles. The Bertz CT molecular complexity index is 557. The second kappa shape index (κ2) is 9.39. The van der Waals surface area contributed by atoms with E-state index in [9.17, 15) is 34.8 Å². The van der Waals surface area contributed by atoms with Crippen molar-refractivity contribution in [2.75, 3.05) is 13.2 Å². The zero-order chi connectivity index (χ0) is 20.9. The van der Waals surface area contributed by atoms with Gasteiger partial charge in [-0.3, -0.25) is 9.59 Å². The van der Waals surface area contributed by atoms with E-state index in [1.165, 1.54) is 0 Å². The van der Waals surface area contributed by atoms with Crippen molar-refractivity contribution in [1.82, 2.24) is 10.6 Å². The van der Waals surface area contributed by atoms with Crippen LogP contribution in [-0.2, 0) is 19.1 Å². The smallest absolute Gasteiger partial charge is 0.326 e. The maximum atomic E-state index is 12.4. The predicted octanol–water partition coefficient (Wildman–Crippen LogP) is -3.55. The largest absolute Gasteiger partial charge is 0.481 e. The molecule has 0 spiro atoms. The van der Waals surface area contributed by atoms with Crippen molar-refractivity contribution in [3.05, 3.63) is 0 Å². The van der Waals surface area contributed by atoms with Gasteiger partial charge in [0.05, 0.1) is 25.6 Å². The van der Waals surface area contributed by atoms with Gasteiger partial charge in [0.15, 0.2) is 0 Å². The molecule has 1 heterocycles. The third-order valence-corrected chi connectivity index (χ3v) is 4.20. The van der Waals surface area contributed by atoms with Crippen LogP contribution >= 0.6 is 0 Å². The Morgan fingerprint density at radius 3 is 2.26 bits per heavy atom. The van der Waals surface area contributed by atoms with E-state index in [1.54, 1.807) is 13.8 Å². The highest BCUT2D eigenvalue weighted by Crippen LogP contribution is 2.23. The molecule has 1 aliphatic rings. The Morgan fingerprint density at radius 2 is 1.78 bits per heavy atom. The Kier molecular flexibility index (Phi) is 8.07. The number of aliphatic hydroxyl groups excluding tert-OH is 3. The van der Waals surface area contributed by atoms with E-state index >= 15 is 0 Å². The molecule has 12 nitrogen and oxygen atoms in total. The van der Waals surface area contributed by atoms with Crippen LogP contribution in [0.25, 0.3) is 0 Å². The molecule has 0 bridgehead atoms. The SMILES string of the molecule is CC(C)[C@@H](NCC1(O)OC[C@@H](O)[C@@H](O)[C@@H]1O)C(=O)N[C@@H](CC(=O)O)C(=O)O. The standard InChI is InChI=1S/C15H26N2O10/c1-6(2)10(13(23)17-7(14(24)25)3-9(19)20)16-5-15(26)12(22)11(21)8(18)4-27-15/h6-8,10-12,16,18,21-22,26H,3-5H2,1-2H3,(H,17,23)(H,19,20)(H,24,25)/t7-,8+,10+,11+,12-,15?/m0/s1. The molecule has 0 radical (unpaired) electrons. The Labute approximate surface area is 154 Å². The number of carboxylic acids is 2. The second-order valence-electron chi connectivity index (χ2n) is 6.76. The zero-order valence-corrected chi connectivity index (χ0v) is 14.9. The number of rotatable bonds is 9. The fraction of sp³-hybridized carbons (Fsp3) is 0.800. The molecular weight excluding hydrogens is 368 g/mol. The normalized spacial score (nSPS) is 30.6. The molecule has 1 rings (SSSR count). The summed E-state index contributed by atoms with van der Waals surface area (Å²) in [5.74, 6) is -6.45. The number of aliphatic carboxylic acids is 2. The summed E-state index contributed by atoms with van der Waals surface area (Å²) in [6.45, 7) is 2.26. The molecule has 12 heteroatoms. The van der Waals surface area contributed by atoms with Crippen LogP contribution in [0.5, 0.6) is 0 Å². The first-order valence-electron chi connectivity index (χ1n) is 8.28. The van der Waals surface area contributed by atoms with E-state index in [-0.39, 0.29) is 0 Å². The van der Waals surface area contributed by atoms with Gasteiger partial charge in [-0.05, 0) is 5.92 Å². The molecule has 1 unspecified atom stereocenters. The van der Waals surface area contributed by atoms with Gasteiger partial charge in [-0.2, -0.15) is 0 Å². The monoisotopic (exact) mass is 394 g/mol. The number of carbonyl (C=O) groups is 3. The lowest BCUT2D eigenvalue weighted by Crippen LogP contribution is -2.66. The van der Waals surface area contributed by atoms with Gasteiger partial charge in [0, 0.05) is 0 Å². The summed E-state index contributed by atoms with van der Waals surface area (Å²) in [4.78, 5) is 34.2. The first kappa shape index (κ1) is 23.2. The lowest BCUT2D eigenvalue weighted by molar-refractivity contribution is -0.318. The van der Waals surface area contributed by atoms with Crippen LogP contribution in [0.4, 0.5) is 0 Å². The average molecular weight is 394 g/mol. The van der Waals surface area contributed by atoms with Crippen LogP contribution in [0.3, 0.4) is 0 Å². The second-order valence-corrected chi connectivity index (χ2v) is 6.76. The van der Waals surface area contributed by atoms with Gasteiger partial charge in [0.2, 0.25) is 11.7 Å². The summed E-state index contributed by atoms with van der Waals surface area (Å²) < 4.78 is 4.97. The maximum absolute atomic E-state index is 12.4. The molecule has 1 fully saturated rings. The molecule has 0 saturated carbocycles. The van der Waals surface area contributed by atoms with Crippen molar-refractivity contribution in [2.24, 2.45) is 5.92 Å². The highest BCUT2D eigenvalue weighted by atomic mass is 16.6. The van der Waals surface area contributed by atoms with E-state index in [0.29, 0.717) is 0 Å². The fourth-order valence-corrected chi connectivity index (χ4v) is 2.57. The van der Waals surface area contributed by atoms with Crippen LogP contribution in [-0.4, -0.2) is 97.8 Å². The predicted molar refractivity (Wildman–Crippen MR) is 87.4 cm³/mol. The van der Waals surface area contributed by atoms with E-state index in [1.807, 2.05) is 0 Å². The number of amides is 1. The van der Waals surface area contributed by atoms with E-state index in [0.717, 1.165) is 0 Å². The van der Waals surface area contributed by atoms with Gasteiger partial charge in [0.25, 0.3) is 0 Å². The molecule has 6 atom stereocenters. The average Bonchev–Trinajstić information content (AvgIpc) is 2.55. The van der Waals surface area contributed by atoms with Gasteiger partial charge in [-0.15, -0.1) is 0 Å². The third kappa shape index (κ3) is 6.09. The lowest BCUT2D eigenvalue weighted by Gasteiger charge is -2.42. The van der Waals surface area contributed by atoms with Crippen LogP contribution in [0.1, 0.15) is 20.3 Å². The number of nitrogens with one attached hydrogen (secondary N) is 2. The number of aliphatic hydroxyl groups is 4. The highest BCUT2D eigenvalue weighted by Gasteiger charge is 2.48. The Morgan fingerprint density at radius 1 is 1.19 bits per heavy atom. The van der Waals surface area contributed by atoms with Gasteiger partial charge in [-0.1, -0.05) is 13.8 Å². The minimum absolute atomic E-state index is 0.413. The molecular formula is C15H26N2O10. The molecule has 8 N–H and O–H groups in total. The molecule has 0 aliphatic carbocycles. The summed E-state index contributed by atoms with van der Waals surface area (Å²) in [6, 6.07) is -2.71. The quantitative estimate of drug-likeness (QED) is 0.192. The lowest BCUT2D eigenvalue weighted by atomic mass is 9.95. The van der Waals surface area contributed by atoms with Crippen LogP contribution < -0.4 is 10.6 Å². The highest BCUT2D eigenvalue weighted by molar-refractivity contribution is 5.89. The molecule has 0 aromatic heterocycles. The first-order chi connectivity index (χ1) is 12.4. The zero-order valence-electron chi connectivity index (χ0n) is 14.9. The first-order valence-corrected chi connectivity index (χ1v) is 8.28. The number of ether oxygens (including phenoxy) is 1. The van der Waals surface area contributed by atoms with Crippen LogP contribution in [0.15, 0.2) is 0 Å². The van der Waals surface area contributed by atoms with Crippen molar-refractivity contribution in [2.45, 2.75) is 56.5 Å². The van der Waals surface area contributed by atoms with Crippen LogP contribution in [0, 0.1) is 5.92 Å². The van der Waals surface area contributed by atoms with Crippen LogP contribution in [0.2, 0.25) is 0 Å². The van der Waals surface area contributed by atoms with Crippen molar-refractivity contribution >= 4 is 17.8 Å². The molecule has 0 aromatic rings. The van der Waals surface area contributed by atoms with Gasteiger partial charge in [0.1, 0.15) is 24.4 Å². The summed E-state index contributed by atoms with van der Waals surface area (Å²) >= 11 is 0. The van der Waals surface area contributed by atoms with Gasteiger partial charge < -0.3 is 46.0 Å².